The minimum atomic E-state index is -4.65. The molecule has 2 amide bonds. The Kier molecular flexibility index (Phi) is 8.07. The van der Waals surface area contributed by atoms with Gasteiger partial charge in [0, 0.05) is 23.5 Å². The van der Waals surface area contributed by atoms with Gasteiger partial charge in [0.2, 0.25) is 5.91 Å². The Morgan fingerprint density at radius 2 is 1.92 bits per heavy atom. The number of carbonyl (C=O) groups is 2. The third kappa shape index (κ3) is 5.92. The molecule has 0 aliphatic rings. The number of nitriles is 1. The Morgan fingerprint density at radius 3 is 2.47 bits per heavy atom. The molecule has 9 nitrogen and oxygen atoms in total. The molecule has 0 spiro atoms. The maximum Gasteiger partial charge on any atom is 0.410 e. The topological polar surface area (TPSA) is 153 Å². The van der Waals surface area contributed by atoms with Gasteiger partial charge < -0.3 is 11.5 Å². The van der Waals surface area contributed by atoms with Crippen LogP contribution < -0.4 is 16.8 Å². The molecule has 3 rings (SSSR count). The summed E-state index contributed by atoms with van der Waals surface area (Å²) in [5, 5.41) is 15.4. The van der Waals surface area contributed by atoms with Crippen LogP contribution in [-0.2, 0) is 9.59 Å². The quantitative estimate of drug-likeness (QED) is 0.309. The number of benzene rings is 1. The number of anilines is 1. The predicted octanol–water partition coefficient (Wildman–Crippen LogP) is 4.06. The highest BCUT2D eigenvalue weighted by Crippen LogP contribution is 2.35. The number of amides is 2. The van der Waals surface area contributed by atoms with Crippen molar-refractivity contribution in [1.82, 2.24) is 20.1 Å². The largest absolute Gasteiger partial charge is 0.410 e. The van der Waals surface area contributed by atoms with E-state index in [4.69, 9.17) is 23.1 Å². The molecule has 0 aliphatic heterocycles. The first-order valence-electron chi connectivity index (χ1n) is 10.8. The number of alkyl halides is 3. The van der Waals surface area contributed by atoms with Gasteiger partial charge >= 0.3 is 6.18 Å². The van der Waals surface area contributed by atoms with Gasteiger partial charge in [0.15, 0.2) is 0 Å². The summed E-state index contributed by atoms with van der Waals surface area (Å²) in [4.78, 5) is 29.0. The van der Waals surface area contributed by atoms with E-state index in [9.17, 15) is 32.4 Å². The Balaban J connectivity index is 1.77. The highest BCUT2D eigenvalue weighted by Gasteiger charge is 2.40. The van der Waals surface area contributed by atoms with Crippen molar-refractivity contribution in [3.8, 4) is 17.5 Å². The molecule has 2 heterocycles. The van der Waals surface area contributed by atoms with Gasteiger partial charge in [0.1, 0.15) is 35.0 Å². The second kappa shape index (κ2) is 10.9. The molecule has 5 N–H and O–H groups in total. The lowest BCUT2D eigenvalue weighted by atomic mass is 10.0. The first kappa shape index (κ1) is 28.1. The SMILES string of the molecule is CC(C(=O)NC(=O)C=C(N)c1ccc(F)cc1Cl)c1ccc(-c2nn(C(C)C(F)(F)F)c(N)c2C#N)nc1. The molecule has 0 saturated carbocycles. The van der Waals surface area contributed by atoms with E-state index >= 15 is 0 Å². The minimum Gasteiger partial charge on any atom is -0.398 e. The van der Waals surface area contributed by atoms with Crippen LogP contribution in [0.5, 0.6) is 0 Å². The normalized spacial score (nSPS) is 13.5. The van der Waals surface area contributed by atoms with Crippen molar-refractivity contribution in [2.24, 2.45) is 5.73 Å². The van der Waals surface area contributed by atoms with Crippen LogP contribution in [0.1, 0.15) is 42.5 Å². The number of nitrogen functional groups attached to an aromatic ring is 1. The monoisotopic (exact) mass is 549 g/mol. The van der Waals surface area contributed by atoms with Crippen LogP contribution >= 0.6 is 11.6 Å². The number of carbonyl (C=O) groups excluding carboxylic acids is 2. The molecule has 2 aromatic heterocycles. The van der Waals surface area contributed by atoms with E-state index in [0.717, 1.165) is 25.1 Å². The van der Waals surface area contributed by atoms with Crippen LogP contribution in [0, 0.1) is 17.1 Å². The summed E-state index contributed by atoms with van der Waals surface area (Å²) >= 11 is 5.92. The van der Waals surface area contributed by atoms with Crippen molar-refractivity contribution in [3.63, 3.8) is 0 Å². The third-order valence-corrected chi connectivity index (χ3v) is 5.91. The molecule has 0 fully saturated rings. The van der Waals surface area contributed by atoms with Crippen molar-refractivity contribution in [2.75, 3.05) is 5.73 Å². The van der Waals surface area contributed by atoms with E-state index in [0.29, 0.717) is 10.2 Å². The molecule has 38 heavy (non-hydrogen) atoms. The van der Waals surface area contributed by atoms with Gasteiger partial charge in [0.25, 0.3) is 5.91 Å². The third-order valence-electron chi connectivity index (χ3n) is 5.60. The van der Waals surface area contributed by atoms with Gasteiger partial charge in [-0.05, 0) is 43.7 Å². The summed E-state index contributed by atoms with van der Waals surface area (Å²) in [5.74, 6) is -3.48. The average molecular weight is 550 g/mol. The van der Waals surface area contributed by atoms with Crippen LogP contribution in [0.3, 0.4) is 0 Å². The van der Waals surface area contributed by atoms with Crippen LogP contribution in [0.4, 0.5) is 23.4 Å². The summed E-state index contributed by atoms with van der Waals surface area (Å²) < 4.78 is 53.2. The molecule has 0 radical (unpaired) electrons. The summed E-state index contributed by atoms with van der Waals surface area (Å²) in [7, 11) is 0. The molecule has 14 heteroatoms. The fraction of sp³-hybridized carbons (Fsp3) is 0.208. The fourth-order valence-corrected chi connectivity index (χ4v) is 3.61. The van der Waals surface area contributed by atoms with E-state index < -0.39 is 41.6 Å². The number of aromatic nitrogens is 3. The number of hydrogen-bond acceptors (Lipinski definition) is 7. The molecular weight excluding hydrogens is 530 g/mol. The standard InChI is InChI=1S/C24H20ClF4N7O2/c1-11(23(38)34-20(37)8-18(31)15-5-4-14(26)7-17(15)25)13-3-6-19(33-10-13)21-16(9-30)22(32)36(35-21)12(2)24(27,28)29/h3-8,10-12H,31-32H2,1-2H3,(H,34,37,38). The second-order valence-corrected chi connectivity index (χ2v) is 8.57. The summed E-state index contributed by atoms with van der Waals surface area (Å²) in [5.41, 5.74) is 11.7. The maximum absolute atomic E-state index is 13.2. The van der Waals surface area contributed by atoms with Crippen molar-refractivity contribution in [3.05, 3.63) is 70.1 Å². The van der Waals surface area contributed by atoms with Gasteiger partial charge in [-0.2, -0.15) is 23.5 Å². The molecule has 3 aromatic rings. The Bertz CT molecular complexity index is 1460. The lowest BCUT2D eigenvalue weighted by molar-refractivity contribution is -0.164. The van der Waals surface area contributed by atoms with Crippen molar-refractivity contribution < 1.29 is 27.2 Å². The number of pyridine rings is 1. The molecule has 0 bridgehead atoms. The summed E-state index contributed by atoms with van der Waals surface area (Å²) in [6.45, 7) is 2.34. The fourth-order valence-electron chi connectivity index (χ4n) is 3.33. The second-order valence-electron chi connectivity index (χ2n) is 8.16. The number of imide groups is 1. The zero-order valence-corrected chi connectivity index (χ0v) is 20.6. The lowest BCUT2D eigenvalue weighted by Crippen LogP contribution is -2.33. The van der Waals surface area contributed by atoms with Gasteiger partial charge in [-0.1, -0.05) is 17.7 Å². The number of nitrogens with zero attached hydrogens (tertiary/aromatic N) is 4. The molecule has 2 unspecified atom stereocenters. The van der Waals surface area contributed by atoms with Crippen molar-refractivity contribution in [2.45, 2.75) is 32.0 Å². The van der Waals surface area contributed by atoms with Crippen LogP contribution in [0.25, 0.3) is 17.1 Å². The lowest BCUT2D eigenvalue weighted by Gasteiger charge is -2.16. The van der Waals surface area contributed by atoms with E-state index in [1.165, 1.54) is 31.3 Å². The number of nitrogens with one attached hydrogen (secondary N) is 1. The molecule has 0 aliphatic carbocycles. The average Bonchev–Trinajstić information content (AvgIpc) is 3.18. The zero-order valence-electron chi connectivity index (χ0n) is 19.8. The van der Waals surface area contributed by atoms with Gasteiger partial charge in [-0.3, -0.25) is 19.9 Å². The Morgan fingerprint density at radius 1 is 1.24 bits per heavy atom. The van der Waals surface area contributed by atoms with Crippen LogP contribution in [-0.4, -0.2) is 32.8 Å². The minimum absolute atomic E-state index is 0.0172. The van der Waals surface area contributed by atoms with Crippen LogP contribution in [0.2, 0.25) is 5.02 Å². The van der Waals surface area contributed by atoms with Crippen LogP contribution in [0.15, 0.2) is 42.6 Å². The smallest absolute Gasteiger partial charge is 0.398 e. The number of rotatable bonds is 6. The Hall–Kier alpha value is -4.44. The Labute approximate surface area is 218 Å². The number of halogens is 5. The summed E-state index contributed by atoms with van der Waals surface area (Å²) in [6.07, 6.45) is -2.46. The first-order valence-corrected chi connectivity index (χ1v) is 11.2. The van der Waals surface area contributed by atoms with Gasteiger partial charge in [-0.15, -0.1) is 0 Å². The number of hydrogen-bond donors (Lipinski definition) is 3. The van der Waals surface area contributed by atoms with E-state index in [1.807, 2.05) is 0 Å². The maximum atomic E-state index is 13.2. The van der Waals surface area contributed by atoms with Crippen molar-refractivity contribution >= 4 is 34.9 Å². The predicted molar refractivity (Wildman–Crippen MR) is 130 cm³/mol. The highest BCUT2D eigenvalue weighted by molar-refractivity contribution is 6.32. The van der Waals surface area contributed by atoms with E-state index in [1.54, 1.807) is 6.07 Å². The highest BCUT2D eigenvalue weighted by atomic mass is 35.5. The first-order chi connectivity index (χ1) is 17.7. The zero-order chi connectivity index (χ0) is 28.4. The molecule has 1 aromatic carbocycles. The van der Waals surface area contributed by atoms with Crippen molar-refractivity contribution in [1.29, 1.82) is 5.26 Å². The molecular formula is C24H20ClF4N7O2. The molecule has 198 valence electrons. The molecule has 2 atom stereocenters. The van der Waals surface area contributed by atoms with E-state index in [2.05, 4.69) is 15.4 Å². The number of nitrogens with two attached hydrogens (primary N) is 2. The van der Waals surface area contributed by atoms with Gasteiger partial charge in [0.05, 0.1) is 16.6 Å². The molecule has 0 saturated heterocycles. The summed E-state index contributed by atoms with van der Waals surface area (Å²) in [6, 6.07) is 5.89. The van der Waals surface area contributed by atoms with E-state index in [-0.39, 0.29) is 33.2 Å². The van der Waals surface area contributed by atoms with Gasteiger partial charge in [-0.25, -0.2) is 9.07 Å².